The summed E-state index contributed by atoms with van der Waals surface area (Å²) in [5.74, 6) is 0.778. The number of halogens is 2. The van der Waals surface area contributed by atoms with Crippen LogP contribution in [0, 0.1) is 13.8 Å². The zero-order chi connectivity index (χ0) is 22.1. The highest BCUT2D eigenvalue weighted by Gasteiger charge is 2.27. The van der Waals surface area contributed by atoms with E-state index in [9.17, 15) is 4.79 Å². The van der Waals surface area contributed by atoms with Crippen molar-refractivity contribution in [3.63, 3.8) is 0 Å². The van der Waals surface area contributed by atoms with Gasteiger partial charge in [0.05, 0.1) is 0 Å². The Kier molecular flexibility index (Phi) is 9.05. The highest BCUT2D eigenvalue weighted by molar-refractivity contribution is 6.01. The number of carbonyl (C=O) groups is 1. The van der Waals surface area contributed by atoms with Crippen LogP contribution in [0.4, 0.5) is 0 Å². The first-order valence-corrected chi connectivity index (χ1v) is 12.0. The van der Waals surface area contributed by atoms with Crippen molar-refractivity contribution in [1.82, 2.24) is 20.1 Å². The number of benzene rings is 2. The Morgan fingerprint density at radius 2 is 1.56 bits per heavy atom. The van der Waals surface area contributed by atoms with Gasteiger partial charge in [0.15, 0.2) is 0 Å². The number of hydrogen-bond donors (Lipinski definition) is 2. The van der Waals surface area contributed by atoms with Crippen LogP contribution in [0.25, 0.3) is 10.9 Å². The Labute approximate surface area is 215 Å². The Morgan fingerprint density at radius 3 is 2.24 bits per heavy atom. The minimum absolute atomic E-state index is 0. The predicted octanol–water partition coefficient (Wildman–Crippen LogP) is 5.05. The lowest BCUT2D eigenvalue weighted by molar-refractivity contribution is 0.0728. The van der Waals surface area contributed by atoms with Crippen LogP contribution in [-0.2, 0) is 6.54 Å². The summed E-state index contributed by atoms with van der Waals surface area (Å²) in [6.07, 6.45) is 2.35. The Bertz CT molecular complexity index is 1090. The summed E-state index contributed by atoms with van der Waals surface area (Å²) in [6, 6.07) is 15.0. The number of likely N-dealkylation sites (tertiary alicyclic amines) is 1. The molecule has 3 heterocycles. The summed E-state index contributed by atoms with van der Waals surface area (Å²) in [7, 11) is 0. The lowest BCUT2D eigenvalue weighted by atomic mass is 9.84. The van der Waals surface area contributed by atoms with E-state index in [2.05, 4.69) is 65.4 Å². The number of rotatable bonds is 4. The van der Waals surface area contributed by atoms with Crippen LogP contribution in [0.5, 0.6) is 0 Å². The van der Waals surface area contributed by atoms with Crippen molar-refractivity contribution >= 4 is 41.6 Å². The minimum atomic E-state index is 0. The molecule has 2 aliphatic rings. The summed E-state index contributed by atoms with van der Waals surface area (Å²) < 4.78 is 0. The molecule has 5 rings (SSSR count). The number of fused-ring (bicyclic) bond motifs is 1. The van der Waals surface area contributed by atoms with Crippen LogP contribution in [0.2, 0.25) is 0 Å². The standard InChI is InChI=1S/C27H34N4O.2ClH/c1-19-6-5-7-20(2)25(19)21-10-14-30(15-11-21)18-23-22-8-3-4-9-24(22)29-26(23)27(32)31-16-12-28-13-17-31;;/h3-9,21,28-29H,10-18H2,1-2H3;2*1H. The van der Waals surface area contributed by atoms with Crippen LogP contribution in [0.3, 0.4) is 0 Å². The maximum atomic E-state index is 13.4. The fraction of sp³-hybridized carbons (Fsp3) is 0.444. The van der Waals surface area contributed by atoms with Crippen LogP contribution in [0.15, 0.2) is 42.5 Å². The lowest BCUT2D eigenvalue weighted by Crippen LogP contribution is -2.46. The maximum Gasteiger partial charge on any atom is 0.270 e. The largest absolute Gasteiger partial charge is 0.350 e. The Hall–Kier alpha value is -2.05. The quantitative estimate of drug-likeness (QED) is 0.524. The first kappa shape index (κ1) is 26.6. The molecule has 0 aliphatic carbocycles. The second-order valence-corrected chi connectivity index (χ2v) is 9.42. The molecule has 2 fully saturated rings. The fourth-order valence-electron chi connectivity index (χ4n) is 5.65. The van der Waals surface area contributed by atoms with Crippen molar-refractivity contribution in [1.29, 1.82) is 0 Å². The monoisotopic (exact) mass is 502 g/mol. The number of aromatic amines is 1. The van der Waals surface area contributed by atoms with E-state index in [0.29, 0.717) is 5.92 Å². The molecule has 2 aromatic carbocycles. The molecule has 5 nitrogen and oxygen atoms in total. The first-order chi connectivity index (χ1) is 15.6. The average molecular weight is 504 g/mol. The van der Waals surface area contributed by atoms with Crippen molar-refractivity contribution in [2.75, 3.05) is 39.3 Å². The number of para-hydroxylation sites is 1. The zero-order valence-corrected chi connectivity index (χ0v) is 21.7. The van der Waals surface area contributed by atoms with Gasteiger partial charge in [-0.2, -0.15) is 0 Å². The number of H-pyrrole nitrogens is 1. The highest BCUT2D eigenvalue weighted by Crippen LogP contribution is 2.34. The molecule has 1 aromatic heterocycles. The van der Waals surface area contributed by atoms with Crippen LogP contribution >= 0.6 is 24.8 Å². The third kappa shape index (κ3) is 5.28. The van der Waals surface area contributed by atoms with E-state index >= 15 is 0 Å². The number of carbonyl (C=O) groups excluding carboxylic acids is 1. The van der Waals surface area contributed by atoms with E-state index in [1.807, 2.05) is 11.0 Å². The lowest BCUT2D eigenvalue weighted by Gasteiger charge is -2.34. The molecule has 2 N–H and O–H groups in total. The Morgan fingerprint density at radius 1 is 0.912 bits per heavy atom. The van der Waals surface area contributed by atoms with Gasteiger partial charge in [-0.3, -0.25) is 9.69 Å². The van der Waals surface area contributed by atoms with Crippen LogP contribution in [-0.4, -0.2) is 60.0 Å². The second-order valence-electron chi connectivity index (χ2n) is 9.42. The molecule has 2 saturated heterocycles. The number of aryl methyl sites for hydroxylation is 2. The van der Waals surface area contributed by atoms with E-state index < -0.39 is 0 Å². The molecule has 0 bridgehead atoms. The summed E-state index contributed by atoms with van der Waals surface area (Å²) in [5.41, 5.74) is 7.40. The summed E-state index contributed by atoms with van der Waals surface area (Å²) in [4.78, 5) is 21.4. The third-order valence-electron chi connectivity index (χ3n) is 7.35. The molecule has 1 amide bonds. The number of nitrogens with zero attached hydrogens (tertiary/aromatic N) is 2. The molecule has 0 radical (unpaired) electrons. The van der Waals surface area contributed by atoms with E-state index in [1.54, 1.807) is 5.56 Å². The summed E-state index contributed by atoms with van der Waals surface area (Å²) in [5, 5.41) is 4.52. The zero-order valence-electron chi connectivity index (χ0n) is 20.1. The minimum Gasteiger partial charge on any atom is -0.350 e. The van der Waals surface area contributed by atoms with Crippen LogP contribution < -0.4 is 5.32 Å². The number of piperazine rings is 1. The number of piperidine rings is 1. The van der Waals surface area contributed by atoms with E-state index in [1.165, 1.54) is 29.4 Å². The van der Waals surface area contributed by atoms with Crippen molar-refractivity contribution in [3.05, 3.63) is 70.4 Å². The molecule has 0 atom stereocenters. The van der Waals surface area contributed by atoms with Gasteiger partial charge in [-0.15, -0.1) is 24.8 Å². The van der Waals surface area contributed by atoms with Gasteiger partial charge in [0.25, 0.3) is 5.91 Å². The van der Waals surface area contributed by atoms with Gasteiger partial charge in [-0.05, 0) is 68.5 Å². The number of aromatic nitrogens is 1. The van der Waals surface area contributed by atoms with Crippen molar-refractivity contribution in [2.45, 2.75) is 39.2 Å². The normalized spacial score (nSPS) is 17.3. The third-order valence-corrected chi connectivity index (χ3v) is 7.35. The molecule has 2 aliphatic heterocycles. The van der Waals surface area contributed by atoms with Crippen LogP contribution in [0.1, 0.15) is 51.5 Å². The van der Waals surface area contributed by atoms with Gasteiger partial charge >= 0.3 is 0 Å². The number of amides is 1. The van der Waals surface area contributed by atoms with Gasteiger partial charge in [-0.25, -0.2) is 0 Å². The smallest absolute Gasteiger partial charge is 0.270 e. The van der Waals surface area contributed by atoms with Crippen molar-refractivity contribution < 1.29 is 4.79 Å². The molecule has 184 valence electrons. The fourth-order valence-corrected chi connectivity index (χ4v) is 5.65. The van der Waals surface area contributed by atoms with Gasteiger partial charge < -0.3 is 15.2 Å². The molecular weight excluding hydrogens is 467 g/mol. The number of hydrogen-bond acceptors (Lipinski definition) is 3. The average Bonchev–Trinajstić information content (AvgIpc) is 3.18. The predicted molar refractivity (Wildman–Crippen MR) is 145 cm³/mol. The second kappa shape index (κ2) is 11.6. The van der Waals surface area contributed by atoms with Gasteiger partial charge in [-0.1, -0.05) is 36.4 Å². The SMILES string of the molecule is Cc1cccc(C)c1C1CCN(Cc2c(C(=O)N3CCNCC3)[nH]c3ccccc23)CC1.Cl.Cl. The van der Waals surface area contributed by atoms with Crippen molar-refractivity contribution in [3.8, 4) is 0 Å². The molecule has 0 unspecified atom stereocenters. The molecule has 7 heteroatoms. The molecule has 3 aromatic rings. The first-order valence-electron chi connectivity index (χ1n) is 12.0. The Balaban J connectivity index is 0.00000162. The van der Waals surface area contributed by atoms with E-state index in [0.717, 1.165) is 62.6 Å². The maximum absolute atomic E-state index is 13.4. The number of nitrogens with one attached hydrogen (secondary N) is 2. The van der Waals surface area contributed by atoms with Gasteiger partial charge in [0.1, 0.15) is 5.69 Å². The topological polar surface area (TPSA) is 51.4 Å². The van der Waals surface area contributed by atoms with Gasteiger partial charge in [0, 0.05) is 49.2 Å². The van der Waals surface area contributed by atoms with E-state index in [4.69, 9.17) is 0 Å². The molecule has 0 spiro atoms. The van der Waals surface area contributed by atoms with Gasteiger partial charge in [0.2, 0.25) is 0 Å². The molecular formula is C27H36Cl2N4O. The molecule has 34 heavy (non-hydrogen) atoms. The highest BCUT2D eigenvalue weighted by atomic mass is 35.5. The molecule has 0 saturated carbocycles. The summed E-state index contributed by atoms with van der Waals surface area (Å²) >= 11 is 0. The summed E-state index contributed by atoms with van der Waals surface area (Å²) in [6.45, 7) is 10.7. The van der Waals surface area contributed by atoms with Crippen molar-refractivity contribution in [2.24, 2.45) is 0 Å². The van der Waals surface area contributed by atoms with E-state index in [-0.39, 0.29) is 30.7 Å².